The number of aromatic nitrogens is 1. The van der Waals surface area contributed by atoms with Crippen molar-refractivity contribution in [3.63, 3.8) is 0 Å². The lowest BCUT2D eigenvalue weighted by Gasteiger charge is -2.25. The number of likely N-dealkylation sites (tertiary alicyclic amines) is 1. The molecule has 4 nitrogen and oxygen atoms in total. The normalized spacial score (nSPS) is 20.8. The second-order valence-electron chi connectivity index (χ2n) is 5.38. The molecule has 23 heavy (non-hydrogen) atoms. The first-order valence-electron chi connectivity index (χ1n) is 7.01. The van der Waals surface area contributed by atoms with E-state index in [1.165, 1.54) is 23.4 Å². The van der Waals surface area contributed by atoms with E-state index in [0.29, 0.717) is 0 Å². The van der Waals surface area contributed by atoms with Crippen LogP contribution >= 0.6 is 11.6 Å². The van der Waals surface area contributed by atoms with E-state index in [1.54, 1.807) is 0 Å². The van der Waals surface area contributed by atoms with Crippen LogP contribution in [-0.2, 0) is 0 Å². The molecule has 1 N–H and O–H groups in total. The molecule has 0 radical (unpaired) electrons. The average molecular weight is 339 g/mol. The number of aliphatic hydroxyl groups is 1. The number of hydrogen-bond donors (Lipinski definition) is 1. The van der Waals surface area contributed by atoms with Gasteiger partial charge in [-0.2, -0.15) is 0 Å². The predicted octanol–water partition coefficient (Wildman–Crippen LogP) is 2.96. The molecule has 3 rings (SSSR count). The Kier molecular flexibility index (Phi) is 4.28. The third-order valence-corrected chi connectivity index (χ3v) is 4.16. The van der Waals surface area contributed by atoms with Crippen molar-refractivity contribution in [1.29, 1.82) is 0 Å². The number of amides is 1. The van der Waals surface area contributed by atoms with Gasteiger partial charge in [-0.1, -0.05) is 11.6 Å². The fraction of sp³-hybridized carbons (Fsp3) is 0.250. The van der Waals surface area contributed by atoms with Gasteiger partial charge in [0.1, 0.15) is 11.6 Å². The maximum Gasteiger partial charge on any atom is 0.256 e. The summed E-state index contributed by atoms with van der Waals surface area (Å²) < 4.78 is 27.5. The Labute approximate surface area is 136 Å². The number of nitrogens with zero attached hydrogens (tertiary/aromatic N) is 2. The van der Waals surface area contributed by atoms with Gasteiger partial charge in [0.2, 0.25) is 0 Å². The first-order chi connectivity index (χ1) is 11.0. The van der Waals surface area contributed by atoms with E-state index < -0.39 is 29.7 Å². The minimum atomic E-state index is -0.813. The Bertz CT molecular complexity index is 757. The summed E-state index contributed by atoms with van der Waals surface area (Å²) in [6.07, 6.45) is 2.07. The Morgan fingerprint density at radius 2 is 2.13 bits per heavy atom. The van der Waals surface area contributed by atoms with Crippen LogP contribution in [-0.4, -0.2) is 33.5 Å². The molecule has 0 unspecified atom stereocenters. The fourth-order valence-electron chi connectivity index (χ4n) is 2.81. The molecular weight excluding hydrogens is 326 g/mol. The summed E-state index contributed by atoms with van der Waals surface area (Å²) in [5, 5.41) is 10.1. The maximum absolute atomic E-state index is 14.0. The van der Waals surface area contributed by atoms with E-state index in [0.717, 1.165) is 18.2 Å². The van der Waals surface area contributed by atoms with Gasteiger partial charge in [0.05, 0.1) is 22.7 Å². The first-order valence-corrected chi connectivity index (χ1v) is 7.38. The van der Waals surface area contributed by atoms with Gasteiger partial charge < -0.3 is 10.0 Å². The zero-order valence-corrected chi connectivity index (χ0v) is 12.7. The molecule has 1 amide bonds. The second-order valence-corrected chi connectivity index (χ2v) is 5.79. The third-order valence-electron chi connectivity index (χ3n) is 3.86. The Morgan fingerprint density at radius 3 is 2.87 bits per heavy atom. The van der Waals surface area contributed by atoms with Crippen molar-refractivity contribution in [3.8, 4) is 0 Å². The van der Waals surface area contributed by atoms with E-state index >= 15 is 0 Å². The van der Waals surface area contributed by atoms with Gasteiger partial charge in [-0.3, -0.25) is 9.78 Å². The molecular formula is C16H13ClF2N2O2. The number of β-amino-alcohol motifs (C(OH)–C–C–N with tert-alkyl or cyclic N) is 1. The lowest BCUT2D eigenvalue weighted by Crippen LogP contribution is -2.32. The van der Waals surface area contributed by atoms with Crippen LogP contribution in [0.5, 0.6) is 0 Å². The number of pyridine rings is 1. The zero-order chi connectivity index (χ0) is 16.6. The van der Waals surface area contributed by atoms with E-state index in [2.05, 4.69) is 4.98 Å². The molecule has 1 aromatic heterocycles. The van der Waals surface area contributed by atoms with Gasteiger partial charge in [0, 0.05) is 24.5 Å². The molecule has 2 aromatic rings. The maximum atomic E-state index is 14.0. The van der Waals surface area contributed by atoms with E-state index in [9.17, 15) is 18.7 Å². The minimum absolute atomic E-state index is 0.0259. The molecule has 1 fully saturated rings. The van der Waals surface area contributed by atoms with Crippen molar-refractivity contribution < 1.29 is 18.7 Å². The average Bonchev–Trinajstić information content (AvgIpc) is 2.91. The smallest absolute Gasteiger partial charge is 0.256 e. The topological polar surface area (TPSA) is 53.4 Å². The van der Waals surface area contributed by atoms with Crippen LogP contribution in [0, 0.1) is 11.6 Å². The van der Waals surface area contributed by atoms with Crippen molar-refractivity contribution in [2.45, 2.75) is 18.6 Å². The zero-order valence-electron chi connectivity index (χ0n) is 11.9. The van der Waals surface area contributed by atoms with Gasteiger partial charge >= 0.3 is 0 Å². The highest BCUT2D eigenvalue weighted by Crippen LogP contribution is 2.35. The molecule has 0 bridgehead atoms. The number of rotatable bonds is 2. The molecule has 1 saturated heterocycles. The van der Waals surface area contributed by atoms with Gasteiger partial charge in [-0.05, 0) is 30.7 Å². The van der Waals surface area contributed by atoms with Gasteiger partial charge in [-0.15, -0.1) is 0 Å². The van der Waals surface area contributed by atoms with Crippen LogP contribution in [0.2, 0.25) is 5.02 Å². The molecule has 2 heterocycles. The highest BCUT2D eigenvalue weighted by molar-refractivity contribution is 6.33. The number of aliphatic hydroxyl groups excluding tert-OH is 1. The SMILES string of the molecule is O=C(c1ccncc1Cl)N1C[C@H](O)C[C@H]1c1cc(F)ccc1F. The molecule has 0 aliphatic carbocycles. The highest BCUT2D eigenvalue weighted by atomic mass is 35.5. The minimum Gasteiger partial charge on any atom is -0.391 e. The number of halogens is 3. The predicted molar refractivity (Wildman–Crippen MR) is 80.0 cm³/mol. The molecule has 0 saturated carbocycles. The van der Waals surface area contributed by atoms with Gasteiger partial charge in [0.25, 0.3) is 5.91 Å². The molecule has 2 atom stereocenters. The van der Waals surface area contributed by atoms with Crippen molar-refractivity contribution in [1.82, 2.24) is 9.88 Å². The van der Waals surface area contributed by atoms with E-state index in [4.69, 9.17) is 11.6 Å². The van der Waals surface area contributed by atoms with Crippen molar-refractivity contribution in [2.24, 2.45) is 0 Å². The summed E-state index contributed by atoms with van der Waals surface area (Å²) in [6.45, 7) is 0.0259. The summed E-state index contributed by atoms with van der Waals surface area (Å²) in [5.41, 5.74) is 0.248. The van der Waals surface area contributed by atoms with E-state index in [-0.39, 0.29) is 29.1 Å². The standard InChI is InChI=1S/C16H13ClF2N2O2/c17-13-7-20-4-3-11(13)16(23)21-8-10(22)6-15(21)12-5-9(18)1-2-14(12)19/h1-5,7,10,15,22H,6,8H2/t10-,15+/m1/s1. The summed E-state index contributed by atoms with van der Waals surface area (Å²) in [6, 6.07) is 3.77. The summed E-state index contributed by atoms with van der Waals surface area (Å²) in [7, 11) is 0. The van der Waals surface area contributed by atoms with E-state index in [1.807, 2.05) is 0 Å². The number of carbonyl (C=O) groups is 1. The monoisotopic (exact) mass is 338 g/mol. The lowest BCUT2D eigenvalue weighted by molar-refractivity contribution is 0.0714. The Hall–Kier alpha value is -2.05. The number of carbonyl (C=O) groups excluding carboxylic acids is 1. The highest BCUT2D eigenvalue weighted by Gasteiger charge is 2.37. The summed E-state index contributed by atoms with van der Waals surface area (Å²) in [4.78, 5) is 17.8. The third kappa shape index (κ3) is 3.04. The molecule has 1 aromatic carbocycles. The first kappa shape index (κ1) is 15.8. The molecule has 7 heteroatoms. The van der Waals surface area contributed by atoms with Crippen LogP contribution < -0.4 is 0 Å². The quantitative estimate of drug-likeness (QED) is 0.916. The Balaban J connectivity index is 1.99. The molecule has 1 aliphatic heterocycles. The van der Waals surface area contributed by atoms with Crippen LogP contribution in [0.1, 0.15) is 28.4 Å². The summed E-state index contributed by atoms with van der Waals surface area (Å²) >= 11 is 5.98. The molecule has 0 spiro atoms. The number of benzene rings is 1. The largest absolute Gasteiger partial charge is 0.391 e. The fourth-order valence-corrected chi connectivity index (χ4v) is 3.01. The summed E-state index contributed by atoms with van der Waals surface area (Å²) in [5.74, 6) is -1.68. The molecule has 1 aliphatic rings. The van der Waals surface area contributed by atoms with Crippen molar-refractivity contribution >= 4 is 17.5 Å². The Morgan fingerprint density at radius 1 is 1.35 bits per heavy atom. The van der Waals surface area contributed by atoms with Crippen LogP contribution in [0.25, 0.3) is 0 Å². The lowest BCUT2D eigenvalue weighted by atomic mass is 10.0. The van der Waals surface area contributed by atoms with Crippen LogP contribution in [0.4, 0.5) is 8.78 Å². The van der Waals surface area contributed by atoms with Gasteiger partial charge in [-0.25, -0.2) is 8.78 Å². The van der Waals surface area contributed by atoms with Crippen LogP contribution in [0.15, 0.2) is 36.7 Å². The number of hydrogen-bond acceptors (Lipinski definition) is 3. The van der Waals surface area contributed by atoms with Crippen molar-refractivity contribution in [2.75, 3.05) is 6.54 Å². The molecule has 120 valence electrons. The van der Waals surface area contributed by atoms with Crippen LogP contribution in [0.3, 0.4) is 0 Å². The second kappa shape index (κ2) is 6.22. The van der Waals surface area contributed by atoms with Crippen molar-refractivity contribution in [3.05, 3.63) is 64.4 Å². The van der Waals surface area contributed by atoms with Gasteiger partial charge in [0.15, 0.2) is 0 Å².